The SMILES string of the molecule is CC1(NC(=O)c2ccc3c(-c4ccccc4Cl)nn(-c4cccnc4)c3c2)CCS(=O)(=O)C1. The third kappa shape index (κ3) is 4.12. The number of nitrogens with one attached hydrogen (secondary N) is 1. The Labute approximate surface area is 196 Å². The van der Waals surface area contributed by atoms with Gasteiger partial charge in [0.1, 0.15) is 5.69 Å². The zero-order valence-corrected chi connectivity index (χ0v) is 19.4. The van der Waals surface area contributed by atoms with Crippen LogP contribution in [0.4, 0.5) is 0 Å². The van der Waals surface area contributed by atoms with Crippen LogP contribution >= 0.6 is 11.6 Å². The molecule has 9 heteroatoms. The van der Waals surface area contributed by atoms with Gasteiger partial charge in [0.2, 0.25) is 0 Å². The van der Waals surface area contributed by atoms with Gasteiger partial charge in [-0.15, -0.1) is 0 Å². The summed E-state index contributed by atoms with van der Waals surface area (Å²) in [5.41, 5.74) is 2.58. The largest absolute Gasteiger partial charge is 0.346 e. The van der Waals surface area contributed by atoms with Crippen molar-refractivity contribution in [2.24, 2.45) is 0 Å². The van der Waals surface area contributed by atoms with Crippen LogP contribution in [-0.4, -0.2) is 46.1 Å². The van der Waals surface area contributed by atoms with Crippen molar-refractivity contribution in [1.82, 2.24) is 20.1 Å². The Morgan fingerprint density at radius 1 is 1.15 bits per heavy atom. The Bertz CT molecular complexity index is 1480. The van der Waals surface area contributed by atoms with Gasteiger partial charge in [0, 0.05) is 22.7 Å². The molecule has 7 nitrogen and oxygen atoms in total. The van der Waals surface area contributed by atoms with E-state index in [2.05, 4.69) is 10.3 Å². The highest BCUT2D eigenvalue weighted by molar-refractivity contribution is 7.91. The molecule has 0 aliphatic carbocycles. The summed E-state index contributed by atoms with van der Waals surface area (Å²) in [6, 6.07) is 16.5. The Balaban J connectivity index is 1.61. The molecule has 1 atom stereocenters. The number of benzene rings is 2. The number of carbonyl (C=O) groups excluding carboxylic acids is 1. The monoisotopic (exact) mass is 480 g/mol. The van der Waals surface area contributed by atoms with E-state index >= 15 is 0 Å². The van der Waals surface area contributed by atoms with Gasteiger partial charge in [-0.25, -0.2) is 13.1 Å². The number of rotatable bonds is 4. The van der Waals surface area contributed by atoms with Gasteiger partial charge in [-0.05, 0) is 49.7 Å². The van der Waals surface area contributed by atoms with Crippen molar-refractivity contribution >= 4 is 38.2 Å². The Kier molecular flexibility index (Phi) is 5.22. The molecule has 0 radical (unpaired) electrons. The molecule has 4 aromatic rings. The first kappa shape index (κ1) is 21.6. The van der Waals surface area contributed by atoms with Crippen LogP contribution in [0.5, 0.6) is 0 Å². The van der Waals surface area contributed by atoms with Gasteiger partial charge < -0.3 is 5.32 Å². The molecule has 0 saturated carbocycles. The van der Waals surface area contributed by atoms with E-state index in [1.807, 2.05) is 42.5 Å². The molecule has 1 aliphatic heterocycles. The third-order valence-electron chi connectivity index (χ3n) is 5.88. The molecule has 0 bridgehead atoms. The molecular weight excluding hydrogens is 460 g/mol. The van der Waals surface area contributed by atoms with E-state index in [4.69, 9.17) is 16.7 Å². The average Bonchev–Trinajstić information content (AvgIpc) is 3.30. The predicted molar refractivity (Wildman–Crippen MR) is 128 cm³/mol. The molecule has 2 aromatic heterocycles. The van der Waals surface area contributed by atoms with Crippen molar-refractivity contribution in [2.45, 2.75) is 18.9 Å². The van der Waals surface area contributed by atoms with Gasteiger partial charge in [0.15, 0.2) is 9.84 Å². The molecule has 1 amide bonds. The van der Waals surface area contributed by atoms with Gasteiger partial charge in [0.25, 0.3) is 5.91 Å². The summed E-state index contributed by atoms with van der Waals surface area (Å²) in [6.45, 7) is 1.77. The second kappa shape index (κ2) is 7.97. The minimum absolute atomic E-state index is 0.0573. The highest BCUT2D eigenvalue weighted by Gasteiger charge is 2.39. The van der Waals surface area contributed by atoms with Crippen LogP contribution in [0.2, 0.25) is 5.02 Å². The fourth-order valence-corrected chi connectivity index (χ4v) is 6.56. The van der Waals surface area contributed by atoms with Crippen molar-refractivity contribution in [3.8, 4) is 16.9 Å². The van der Waals surface area contributed by atoms with E-state index < -0.39 is 15.4 Å². The minimum atomic E-state index is -3.14. The van der Waals surface area contributed by atoms with Crippen molar-refractivity contribution in [1.29, 1.82) is 0 Å². The zero-order chi connectivity index (χ0) is 23.2. The topological polar surface area (TPSA) is 93.9 Å². The number of pyridine rings is 1. The normalized spacial score (nSPS) is 19.6. The molecule has 1 unspecified atom stereocenters. The highest BCUT2D eigenvalue weighted by Crippen LogP contribution is 2.34. The van der Waals surface area contributed by atoms with E-state index in [-0.39, 0.29) is 17.4 Å². The molecule has 0 spiro atoms. The fourth-order valence-electron chi connectivity index (χ4n) is 4.24. The minimum Gasteiger partial charge on any atom is -0.346 e. The molecule has 1 fully saturated rings. The summed E-state index contributed by atoms with van der Waals surface area (Å²) in [6.07, 6.45) is 3.77. The van der Waals surface area contributed by atoms with Crippen molar-refractivity contribution in [2.75, 3.05) is 11.5 Å². The van der Waals surface area contributed by atoms with Crippen LogP contribution in [0.1, 0.15) is 23.7 Å². The lowest BCUT2D eigenvalue weighted by Crippen LogP contribution is -2.46. The van der Waals surface area contributed by atoms with E-state index in [0.717, 1.165) is 22.2 Å². The van der Waals surface area contributed by atoms with E-state index in [0.29, 0.717) is 22.7 Å². The second-order valence-electron chi connectivity index (χ2n) is 8.54. The van der Waals surface area contributed by atoms with E-state index in [9.17, 15) is 13.2 Å². The van der Waals surface area contributed by atoms with Gasteiger partial charge in [-0.2, -0.15) is 5.10 Å². The first-order valence-corrected chi connectivity index (χ1v) is 12.7. The van der Waals surface area contributed by atoms with Crippen LogP contribution in [0.25, 0.3) is 27.8 Å². The molecule has 33 heavy (non-hydrogen) atoms. The standard InChI is InChI=1S/C24H21ClN4O3S/c1-24(10-12-33(31,32)15-24)27-23(30)16-8-9-19-21(13-16)29(17-5-4-11-26-14-17)28-22(19)18-6-2-3-7-20(18)25/h2-9,11,13-14H,10,12,15H2,1H3,(H,27,30). The smallest absolute Gasteiger partial charge is 0.251 e. The first-order chi connectivity index (χ1) is 15.7. The number of hydrogen-bond acceptors (Lipinski definition) is 5. The highest BCUT2D eigenvalue weighted by atomic mass is 35.5. The van der Waals surface area contributed by atoms with Gasteiger partial charge >= 0.3 is 0 Å². The number of amides is 1. The summed E-state index contributed by atoms with van der Waals surface area (Å²) in [4.78, 5) is 17.3. The summed E-state index contributed by atoms with van der Waals surface area (Å²) in [7, 11) is -3.14. The zero-order valence-electron chi connectivity index (χ0n) is 17.8. The van der Waals surface area contributed by atoms with Crippen LogP contribution in [-0.2, 0) is 9.84 Å². The molecule has 2 aromatic carbocycles. The number of halogens is 1. The number of carbonyl (C=O) groups is 1. The number of sulfone groups is 1. The number of fused-ring (bicyclic) bond motifs is 1. The lowest BCUT2D eigenvalue weighted by Gasteiger charge is -2.23. The molecule has 168 valence electrons. The van der Waals surface area contributed by atoms with Crippen LogP contribution in [0, 0.1) is 0 Å². The molecule has 5 rings (SSSR count). The fraction of sp³-hybridized carbons (Fsp3) is 0.208. The lowest BCUT2D eigenvalue weighted by atomic mass is 10.0. The average molecular weight is 481 g/mol. The maximum Gasteiger partial charge on any atom is 0.251 e. The lowest BCUT2D eigenvalue weighted by molar-refractivity contribution is 0.0915. The molecule has 3 heterocycles. The first-order valence-electron chi connectivity index (χ1n) is 10.5. The predicted octanol–water partition coefficient (Wildman–Crippen LogP) is 4.05. The quantitative estimate of drug-likeness (QED) is 0.475. The summed E-state index contributed by atoms with van der Waals surface area (Å²) in [5, 5.41) is 9.13. The maximum atomic E-state index is 13.1. The number of nitrogens with zero attached hydrogens (tertiary/aromatic N) is 3. The summed E-state index contributed by atoms with van der Waals surface area (Å²) >= 11 is 6.45. The molecule has 1 N–H and O–H groups in total. The van der Waals surface area contributed by atoms with Crippen LogP contribution < -0.4 is 5.32 Å². The van der Waals surface area contributed by atoms with Crippen molar-refractivity contribution < 1.29 is 13.2 Å². The van der Waals surface area contributed by atoms with Gasteiger partial charge in [-0.1, -0.05) is 29.8 Å². The van der Waals surface area contributed by atoms with Crippen LogP contribution in [0.15, 0.2) is 67.0 Å². The Hall–Kier alpha value is -3.23. The summed E-state index contributed by atoms with van der Waals surface area (Å²) in [5.74, 6) is -0.300. The number of aromatic nitrogens is 3. The number of hydrogen-bond donors (Lipinski definition) is 1. The van der Waals surface area contributed by atoms with Crippen molar-refractivity contribution in [3.63, 3.8) is 0 Å². The van der Waals surface area contributed by atoms with Crippen LogP contribution in [0.3, 0.4) is 0 Å². The molecule has 1 aliphatic rings. The Morgan fingerprint density at radius 2 is 1.97 bits per heavy atom. The second-order valence-corrected chi connectivity index (χ2v) is 11.1. The van der Waals surface area contributed by atoms with Gasteiger partial charge in [-0.3, -0.25) is 9.78 Å². The van der Waals surface area contributed by atoms with Crippen molar-refractivity contribution in [3.05, 3.63) is 77.6 Å². The molecular formula is C24H21ClN4O3S. The van der Waals surface area contributed by atoms with Gasteiger partial charge in [0.05, 0.1) is 39.5 Å². The summed E-state index contributed by atoms with van der Waals surface area (Å²) < 4.78 is 25.6. The van der Waals surface area contributed by atoms with E-state index in [1.165, 1.54) is 0 Å². The molecule has 1 saturated heterocycles. The Morgan fingerprint density at radius 3 is 2.67 bits per heavy atom. The maximum absolute atomic E-state index is 13.1. The van der Waals surface area contributed by atoms with E-state index in [1.54, 1.807) is 36.1 Å². The third-order valence-corrected chi connectivity index (χ3v) is 8.11.